The molecule has 0 spiro atoms. The topological polar surface area (TPSA) is 63.6 Å². The lowest BCUT2D eigenvalue weighted by Crippen LogP contribution is -2.43. The second kappa shape index (κ2) is 15.7. The Morgan fingerprint density at radius 2 is 1.48 bits per heavy atom. The summed E-state index contributed by atoms with van der Waals surface area (Å²) in [4.78, 5) is 22.9. The minimum Gasteiger partial charge on any atom is -0.481 e. The molecular weight excluding hydrogens is 342 g/mol. The van der Waals surface area contributed by atoms with E-state index >= 15 is 0 Å². The molecule has 0 fully saturated rings. The van der Waals surface area contributed by atoms with Gasteiger partial charge in [0.1, 0.15) is 6.54 Å². The molecule has 1 unspecified atom stereocenters. The van der Waals surface area contributed by atoms with Gasteiger partial charge in [-0.2, -0.15) is 0 Å². The van der Waals surface area contributed by atoms with Crippen LogP contribution in [0.5, 0.6) is 0 Å². The van der Waals surface area contributed by atoms with Crippen LogP contribution in [0.15, 0.2) is 12.2 Å². The van der Waals surface area contributed by atoms with Crippen molar-refractivity contribution < 1.29 is 23.9 Å². The van der Waals surface area contributed by atoms with Gasteiger partial charge in [-0.3, -0.25) is 9.59 Å². The van der Waals surface area contributed by atoms with Gasteiger partial charge >= 0.3 is 11.9 Å². The van der Waals surface area contributed by atoms with Crippen LogP contribution in [0.25, 0.3) is 0 Å². The van der Waals surface area contributed by atoms with Crippen LogP contribution in [0.4, 0.5) is 0 Å². The number of hydrogen-bond acceptors (Lipinski definition) is 3. The molecule has 0 rings (SSSR count). The number of unbranched alkanes of at least 4 members (excludes halogenated alkanes) is 8. The fourth-order valence-electron chi connectivity index (χ4n) is 3.00. The number of ether oxygens (including phenoxy) is 1. The van der Waals surface area contributed by atoms with Gasteiger partial charge in [-0.05, 0) is 32.1 Å². The van der Waals surface area contributed by atoms with Gasteiger partial charge in [0.2, 0.25) is 0 Å². The largest absolute Gasteiger partial charge is 0.481 e. The monoisotopic (exact) mass is 384 g/mol. The number of quaternary nitrogens is 1. The smallest absolute Gasteiger partial charge is 0.307 e. The van der Waals surface area contributed by atoms with Gasteiger partial charge in [0.25, 0.3) is 0 Å². The van der Waals surface area contributed by atoms with Crippen molar-refractivity contribution in [2.75, 3.05) is 27.7 Å². The van der Waals surface area contributed by atoms with Crippen LogP contribution < -0.4 is 0 Å². The summed E-state index contributed by atoms with van der Waals surface area (Å²) in [6.45, 7) is 2.74. The quantitative estimate of drug-likeness (QED) is 0.167. The first-order valence-corrected chi connectivity index (χ1v) is 10.6. The highest BCUT2D eigenvalue weighted by Crippen LogP contribution is 2.10. The van der Waals surface area contributed by atoms with Gasteiger partial charge < -0.3 is 14.3 Å². The predicted molar refractivity (Wildman–Crippen MR) is 111 cm³/mol. The second-order valence-electron chi connectivity index (χ2n) is 8.46. The van der Waals surface area contributed by atoms with Gasteiger partial charge in [-0.15, -0.1) is 0 Å². The van der Waals surface area contributed by atoms with Crippen molar-refractivity contribution in [3.05, 3.63) is 12.2 Å². The number of carboxylic acids is 1. The molecule has 0 aliphatic heterocycles. The number of carbonyl (C=O) groups is 2. The van der Waals surface area contributed by atoms with Crippen LogP contribution in [0.2, 0.25) is 0 Å². The lowest BCUT2D eigenvalue weighted by Gasteiger charge is -2.28. The van der Waals surface area contributed by atoms with Crippen molar-refractivity contribution in [2.24, 2.45) is 0 Å². The Bertz CT molecular complexity index is 427. The van der Waals surface area contributed by atoms with Crippen LogP contribution >= 0.6 is 0 Å². The summed E-state index contributed by atoms with van der Waals surface area (Å²) in [5, 5.41) is 8.98. The third kappa shape index (κ3) is 19.2. The Kier molecular flexibility index (Phi) is 14.9. The van der Waals surface area contributed by atoms with Crippen molar-refractivity contribution >= 4 is 11.9 Å². The Labute approximate surface area is 166 Å². The number of carboxylic acid groups (broad SMARTS) is 1. The molecule has 1 N–H and O–H groups in total. The van der Waals surface area contributed by atoms with Gasteiger partial charge in [0.05, 0.1) is 27.6 Å². The summed E-state index contributed by atoms with van der Waals surface area (Å²) >= 11 is 0. The molecule has 0 bridgehead atoms. The Hall–Kier alpha value is -1.36. The average Bonchev–Trinajstić information content (AvgIpc) is 2.53. The van der Waals surface area contributed by atoms with Crippen molar-refractivity contribution in [3.8, 4) is 0 Å². The van der Waals surface area contributed by atoms with E-state index in [1.807, 2.05) is 21.1 Å². The molecule has 0 saturated heterocycles. The zero-order valence-electron chi connectivity index (χ0n) is 18.0. The lowest BCUT2D eigenvalue weighted by atomic mass is 10.1. The Balaban J connectivity index is 3.79. The van der Waals surface area contributed by atoms with Gasteiger partial charge in [-0.1, -0.05) is 51.2 Å². The molecule has 5 nitrogen and oxygen atoms in total. The summed E-state index contributed by atoms with van der Waals surface area (Å²) < 4.78 is 5.95. The van der Waals surface area contributed by atoms with Crippen LogP contribution in [-0.4, -0.2) is 55.3 Å². The fourth-order valence-corrected chi connectivity index (χ4v) is 3.00. The fraction of sp³-hybridized carbons (Fsp3) is 0.818. The molecule has 27 heavy (non-hydrogen) atoms. The van der Waals surface area contributed by atoms with Crippen LogP contribution in [0.1, 0.15) is 84.0 Å². The Morgan fingerprint density at radius 3 is 2.04 bits per heavy atom. The molecule has 0 aliphatic rings. The molecule has 0 amide bonds. The van der Waals surface area contributed by atoms with E-state index in [9.17, 15) is 9.59 Å². The van der Waals surface area contributed by atoms with Crippen molar-refractivity contribution in [1.29, 1.82) is 0 Å². The second-order valence-corrected chi connectivity index (χ2v) is 8.46. The maximum absolute atomic E-state index is 12.0. The normalized spacial score (nSPS) is 13.0. The number of rotatable bonds is 17. The first-order chi connectivity index (χ1) is 12.7. The summed E-state index contributed by atoms with van der Waals surface area (Å²) in [7, 11) is 5.88. The van der Waals surface area contributed by atoms with E-state index in [0.717, 1.165) is 25.7 Å². The van der Waals surface area contributed by atoms with Crippen LogP contribution in [-0.2, 0) is 14.3 Å². The van der Waals surface area contributed by atoms with Crippen LogP contribution in [0, 0.1) is 0 Å². The van der Waals surface area contributed by atoms with E-state index < -0.39 is 12.1 Å². The molecule has 0 radical (unpaired) electrons. The first kappa shape index (κ1) is 25.6. The van der Waals surface area contributed by atoms with E-state index in [0.29, 0.717) is 17.4 Å². The number of allylic oxidation sites excluding steroid dienone is 2. The van der Waals surface area contributed by atoms with E-state index in [2.05, 4.69) is 19.1 Å². The zero-order valence-corrected chi connectivity index (χ0v) is 18.0. The zero-order chi connectivity index (χ0) is 20.5. The molecule has 0 saturated carbocycles. The van der Waals surface area contributed by atoms with E-state index in [1.165, 1.54) is 38.5 Å². The van der Waals surface area contributed by atoms with Crippen molar-refractivity contribution in [2.45, 2.75) is 90.1 Å². The highest BCUT2D eigenvalue weighted by molar-refractivity contribution is 5.71. The number of likely N-dealkylation sites (N-methyl/N-ethyl adjacent to an activating group) is 1. The average molecular weight is 385 g/mol. The summed E-state index contributed by atoms with van der Waals surface area (Å²) in [5.74, 6) is -1.22. The molecule has 5 heteroatoms. The molecule has 0 heterocycles. The third-order valence-corrected chi connectivity index (χ3v) is 4.34. The van der Waals surface area contributed by atoms with Crippen LogP contribution in [0.3, 0.4) is 0 Å². The summed E-state index contributed by atoms with van der Waals surface area (Å²) in [6, 6.07) is 0. The van der Waals surface area contributed by atoms with Gasteiger partial charge in [0, 0.05) is 6.42 Å². The Morgan fingerprint density at radius 1 is 0.926 bits per heavy atom. The van der Waals surface area contributed by atoms with Crippen molar-refractivity contribution in [1.82, 2.24) is 0 Å². The lowest BCUT2D eigenvalue weighted by molar-refractivity contribution is -0.873. The number of aliphatic carboxylic acids is 1. The summed E-state index contributed by atoms with van der Waals surface area (Å²) in [5.41, 5.74) is 0. The van der Waals surface area contributed by atoms with E-state index in [-0.39, 0.29) is 12.4 Å². The highest BCUT2D eigenvalue weighted by atomic mass is 16.5. The molecule has 158 valence electrons. The molecule has 0 aromatic rings. The van der Waals surface area contributed by atoms with E-state index in [4.69, 9.17) is 9.84 Å². The predicted octanol–water partition coefficient (Wildman–Crippen LogP) is 4.95. The minimum absolute atomic E-state index is 0.136. The molecule has 0 aromatic carbocycles. The minimum atomic E-state index is -0.934. The number of carbonyl (C=O) groups excluding carboxylic acids is 1. The first-order valence-electron chi connectivity index (χ1n) is 10.6. The van der Waals surface area contributed by atoms with E-state index in [1.54, 1.807) is 0 Å². The van der Waals surface area contributed by atoms with Gasteiger partial charge in [-0.25, -0.2) is 0 Å². The SMILES string of the molecule is CCCCCCCCC=CCCCCC(=O)OC(CC(=O)O)C[N+](C)(C)C. The number of hydrogen-bond donors (Lipinski definition) is 1. The highest BCUT2D eigenvalue weighted by Gasteiger charge is 2.24. The molecule has 1 atom stereocenters. The molecule has 0 aliphatic carbocycles. The number of esters is 1. The maximum Gasteiger partial charge on any atom is 0.307 e. The number of nitrogens with zero attached hydrogens (tertiary/aromatic N) is 1. The summed E-state index contributed by atoms with van der Waals surface area (Å²) in [6.07, 6.45) is 15.9. The van der Waals surface area contributed by atoms with Crippen molar-refractivity contribution in [3.63, 3.8) is 0 Å². The standard InChI is InChI=1S/C22H41NO4/c1-5-6-7-8-9-10-11-12-13-14-15-16-17-22(26)27-20(18-21(24)25)19-23(2,3)4/h12-13,20H,5-11,14-19H2,1-4H3/p+1. The van der Waals surface area contributed by atoms with Gasteiger partial charge in [0.15, 0.2) is 6.10 Å². The molecule has 0 aromatic heterocycles. The maximum atomic E-state index is 12.0. The third-order valence-electron chi connectivity index (χ3n) is 4.34. The molecular formula is C22H42NO4+.